The summed E-state index contributed by atoms with van der Waals surface area (Å²) in [7, 11) is 0. The molecule has 1 aliphatic heterocycles. The molecule has 24 heavy (non-hydrogen) atoms. The molecule has 0 N–H and O–H groups in total. The molecule has 0 unspecified atom stereocenters. The van der Waals surface area contributed by atoms with Crippen LogP contribution in [0, 0.1) is 5.82 Å². The van der Waals surface area contributed by atoms with Crippen LogP contribution in [-0.2, 0) is 0 Å². The van der Waals surface area contributed by atoms with Gasteiger partial charge in [0.2, 0.25) is 0 Å². The second kappa shape index (κ2) is 7.49. The average Bonchev–Trinajstić information content (AvgIpc) is 2.61. The summed E-state index contributed by atoms with van der Waals surface area (Å²) in [6.45, 7) is 3.32. The van der Waals surface area contributed by atoms with Crippen molar-refractivity contribution in [3.05, 3.63) is 77.2 Å². The summed E-state index contributed by atoms with van der Waals surface area (Å²) in [5.41, 5.74) is 1.65. The van der Waals surface area contributed by atoms with Crippen LogP contribution in [0.15, 0.2) is 60.8 Å². The molecule has 2 aromatic carbocycles. The zero-order valence-corrected chi connectivity index (χ0v) is 13.9. The Kier molecular flexibility index (Phi) is 5.16. The van der Waals surface area contributed by atoms with Crippen LogP contribution in [0.5, 0.6) is 0 Å². The van der Waals surface area contributed by atoms with Crippen LogP contribution in [0.2, 0.25) is 5.02 Å². The summed E-state index contributed by atoms with van der Waals surface area (Å²) in [6.07, 6.45) is 3.44. The Balaban J connectivity index is 1.54. The van der Waals surface area contributed by atoms with Gasteiger partial charge in [-0.1, -0.05) is 11.6 Å². The van der Waals surface area contributed by atoms with Crippen LogP contribution in [0.25, 0.3) is 0 Å². The van der Waals surface area contributed by atoms with Crippen molar-refractivity contribution in [1.82, 2.24) is 4.90 Å². The fraction of sp³-hybridized carbons (Fsp3) is 0.211. The first-order chi connectivity index (χ1) is 11.6. The Bertz CT molecular complexity index is 720. The molecule has 3 nitrogen and oxygen atoms in total. The lowest BCUT2D eigenvalue weighted by Gasteiger charge is -2.35. The van der Waals surface area contributed by atoms with Gasteiger partial charge >= 0.3 is 0 Å². The van der Waals surface area contributed by atoms with Crippen LogP contribution in [-0.4, -0.2) is 36.9 Å². The molecule has 1 heterocycles. The first-order valence-corrected chi connectivity index (χ1v) is 8.22. The highest BCUT2D eigenvalue weighted by Gasteiger charge is 2.15. The van der Waals surface area contributed by atoms with Crippen molar-refractivity contribution >= 4 is 23.1 Å². The average molecular weight is 345 g/mol. The first-order valence-electron chi connectivity index (χ1n) is 7.84. The lowest BCUT2D eigenvalue weighted by Crippen LogP contribution is -2.44. The molecule has 0 radical (unpaired) electrons. The number of ketones is 1. The van der Waals surface area contributed by atoms with Crippen LogP contribution in [0.4, 0.5) is 10.1 Å². The molecule has 1 aliphatic rings. The monoisotopic (exact) mass is 344 g/mol. The van der Waals surface area contributed by atoms with Crippen molar-refractivity contribution in [3.63, 3.8) is 0 Å². The normalized spacial score (nSPS) is 15.1. The van der Waals surface area contributed by atoms with Gasteiger partial charge in [-0.3, -0.25) is 4.79 Å². The Morgan fingerprint density at radius 2 is 1.58 bits per heavy atom. The van der Waals surface area contributed by atoms with E-state index in [1.165, 1.54) is 12.1 Å². The van der Waals surface area contributed by atoms with Gasteiger partial charge in [0, 0.05) is 54.7 Å². The van der Waals surface area contributed by atoms with Gasteiger partial charge in [0.15, 0.2) is 5.78 Å². The highest BCUT2D eigenvalue weighted by molar-refractivity contribution is 6.30. The highest BCUT2D eigenvalue weighted by Crippen LogP contribution is 2.17. The van der Waals surface area contributed by atoms with Crippen LogP contribution in [0.3, 0.4) is 0 Å². The molecule has 0 spiro atoms. The SMILES string of the molecule is O=C(/C=C/N1CCN(c2ccc(F)cc2)CC1)c1ccc(Cl)cc1. The van der Waals surface area contributed by atoms with Gasteiger partial charge in [0.05, 0.1) is 0 Å². The number of nitrogens with zero attached hydrogens (tertiary/aromatic N) is 2. The topological polar surface area (TPSA) is 23.6 Å². The zero-order valence-electron chi connectivity index (χ0n) is 13.2. The molecule has 0 atom stereocenters. The highest BCUT2D eigenvalue weighted by atomic mass is 35.5. The fourth-order valence-corrected chi connectivity index (χ4v) is 2.79. The van der Waals surface area contributed by atoms with E-state index in [9.17, 15) is 9.18 Å². The van der Waals surface area contributed by atoms with Crippen LogP contribution < -0.4 is 4.90 Å². The first kappa shape index (κ1) is 16.5. The van der Waals surface area contributed by atoms with Crippen LogP contribution >= 0.6 is 11.6 Å². The number of hydrogen-bond acceptors (Lipinski definition) is 3. The number of hydrogen-bond donors (Lipinski definition) is 0. The number of benzene rings is 2. The molecule has 124 valence electrons. The number of allylic oxidation sites excluding steroid dienone is 1. The van der Waals surface area contributed by atoms with E-state index in [4.69, 9.17) is 11.6 Å². The van der Waals surface area contributed by atoms with Gasteiger partial charge in [-0.15, -0.1) is 0 Å². The minimum atomic E-state index is -0.221. The molecule has 0 aliphatic carbocycles. The van der Waals surface area contributed by atoms with Crippen molar-refractivity contribution < 1.29 is 9.18 Å². The summed E-state index contributed by atoms with van der Waals surface area (Å²) in [5.74, 6) is -0.256. The van der Waals surface area contributed by atoms with Crippen molar-refractivity contribution in [1.29, 1.82) is 0 Å². The summed E-state index contributed by atoms with van der Waals surface area (Å²) >= 11 is 5.83. The Morgan fingerprint density at radius 3 is 2.21 bits per heavy atom. The maximum atomic E-state index is 13.0. The quantitative estimate of drug-likeness (QED) is 0.618. The van der Waals surface area contributed by atoms with E-state index in [1.807, 2.05) is 6.20 Å². The predicted molar refractivity (Wildman–Crippen MR) is 95.1 cm³/mol. The maximum Gasteiger partial charge on any atom is 0.187 e. The number of anilines is 1. The molecule has 3 rings (SSSR count). The lowest BCUT2D eigenvalue weighted by molar-refractivity contribution is 0.104. The number of rotatable bonds is 4. The minimum Gasteiger partial charge on any atom is -0.374 e. The summed E-state index contributed by atoms with van der Waals surface area (Å²) in [4.78, 5) is 16.4. The Labute approximate surface area is 145 Å². The molecule has 0 amide bonds. The molecule has 1 fully saturated rings. The predicted octanol–water partition coefficient (Wildman–Crippen LogP) is 4.00. The number of carbonyl (C=O) groups is 1. The molecular weight excluding hydrogens is 327 g/mol. The Hall–Kier alpha value is -2.33. The van der Waals surface area contributed by atoms with Crippen molar-refractivity contribution in [2.24, 2.45) is 0 Å². The van der Waals surface area contributed by atoms with Crippen LogP contribution in [0.1, 0.15) is 10.4 Å². The number of piperazine rings is 1. The summed E-state index contributed by atoms with van der Waals surface area (Å²) < 4.78 is 13.0. The van der Waals surface area contributed by atoms with E-state index in [-0.39, 0.29) is 11.6 Å². The number of halogens is 2. The molecule has 1 saturated heterocycles. The largest absolute Gasteiger partial charge is 0.374 e. The van der Waals surface area contributed by atoms with E-state index in [0.29, 0.717) is 10.6 Å². The van der Waals surface area contributed by atoms with Gasteiger partial charge in [-0.2, -0.15) is 0 Å². The Morgan fingerprint density at radius 1 is 0.958 bits per heavy atom. The third kappa shape index (κ3) is 4.15. The molecule has 2 aromatic rings. The van der Waals surface area contributed by atoms with E-state index < -0.39 is 0 Å². The summed E-state index contributed by atoms with van der Waals surface area (Å²) in [6, 6.07) is 13.4. The van der Waals surface area contributed by atoms with Gasteiger partial charge < -0.3 is 9.80 Å². The standard InChI is InChI=1S/C19H18ClFN2O/c20-16-3-1-15(2-4-16)19(24)9-10-22-11-13-23(14-12-22)18-7-5-17(21)6-8-18/h1-10H,11-14H2/b10-9+. The third-order valence-electron chi connectivity index (χ3n) is 4.07. The second-order valence-electron chi connectivity index (χ2n) is 5.69. The van der Waals surface area contributed by atoms with E-state index in [0.717, 1.165) is 31.9 Å². The number of carbonyl (C=O) groups excluding carboxylic acids is 1. The molecule has 5 heteroatoms. The third-order valence-corrected chi connectivity index (χ3v) is 4.32. The second-order valence-corrected chi connectivity index (χ2v) is 6.12. The van der Waals surface area contributed by atoms with Gasteiger partial charge in [0.1, 0.15) is 5.82 Å². The molecular formula is C19H18ClFN2O. The van der Waals surface area contributed by atoms with Gasteiger partial charge in [0.25, 0.3) is 0 Å². The van der Waals surface area contributed by atoms with Crippen molar-refractivity contribution in [2.75, 3.05) is 31.1 Å². The van der Waals surface area contributed by atoms with Gasteiger partial charge in [-0.05, 0) is 48.5 Å². The van der Waals surface area contributed by atoms with Crippen molar-refractivity contribution in [3.8, 4) is 0 Å². The van der Waals surface area contributed by atoms with Gasteiger partial charge in [-0.25, -0.2) is 4.39 Å². The fourth-order valence-electron chi connectivity index (χ4n) is 2.66. The smallest absolute Gasteiger partial charge is 0.187 e. The van der Waals surface area contributed by atoms with E-state index in [1.54, 1.807) is 42.5 Å². The molecule has 0 aromatic heterocycles. The maximum absolute atomic E-state index is 13.0. The van der Waals surface area contributed by atoms with E-state index >= 15 is 0 Å². The molecule has 0 bridgehead atoms. The van der Waals surface area contributed by atoms with Crippen molar-refractivity contribution in [2.45, 2.75) is 0 Å². The zero-order chi connectivity index (χ0) is 16.9. The molecule has 0 saturated carbocycles. The minimum absolute atomic E-state index is 0.0346. The lowest BCUT2D eigenvalue weighted by atomic mass is 10.1. The summed E-state index contributed by atoms with van der Waals surface area (Å²) in [5, 5.41) is 0.618. The van der Waals surface area contributed by atoms with E-state index in [2.05, 4.69) is 9.80 Å².